The summed E-state index contributed by atoms with van der Waals surface area (Å²) >= 11 is 0. The van der Waals surface area contributed by atoms with Crippen LogP contribution in [-0.4, -0.2) is 43.3 Å². The van der Waals surface area contributed by atoms with Gasteiger partial charge in [-0.05, 0) is 76.1 Å². The van der Waals surface area contributed by atoms with Gasteiger partial charge in [0.25, 0.3) is 10.0 Å². The van der Waals surface area contributed by atoms with Crippen LogP contribution in [0.15, 0.2) is 83.8 Å². The fraction of sp³-hybridized carbons (Fsp3) is 0.333. The number of carbonyl (C=O) groups excluding carboxylic acids is 2. The van der Waals surface area contributed by atoms with Crippen LogP contribution in [0.25, 0.3) is 0 Å². The van der Waals surface area contributed by atoms with Crippen LogP contribution < -0.4 is 9.62 Å². The maximum Gasteiger partial charge on any atom is 0.264 e. The molecule has 0 fully saturated rings. The number of halogens is 1. The first-order valence-electron chi connectivity index (χ1n) is 12.8. The second kappa shape index (κ2) is 12.4. The van der Waals surface area contributed by atoms with E-state index in [1.165, 1.54) is 29.2 Å². The number of carbonyl (C=O) groups is 2. The molecule has 0 saturated heterocycles. The summed E-state index contributed by atoms with van der Waals surface area (Å²) in [5, 5.41) is 2.92. The Balaban J connectivity index is 2.04. The van der Waals surface area contributed by atoms with E-state index in [1.807, 2.05) is 27.7 Å². The average Bonchev–Trinajstić information content (AvgIpc) is 2.87. The monoisotopic (exact) mass is 553 g/mol. The number of benzene rings is 3. The Hall–Kier alpha value is -3.72. The van der Waals surface area contributed by atoms with Crippen molar-refractivity contribution in [3.63, 3.8) is 0 Å². The lowest BCUT2D eigenvalue weighted by atomic mass is 10.1. The number of para-hydroxylation sites is 1. The van der Waals surface area contributed by atoms with Gasteiger partial charge in [-0.2, -0.15) is 0 Å². The Morgan fingerprint density at radius 3 is 2.05 bits per heavy atom. The van der Waals surface area contributed by atoms with Crippen molar-refractivity contribution in [2.45, 2.75) is 64.1 Å². The number of rotatable bonds is 10. The molecule has 0 aliphatic rings. The van der Waals surface area contributed by atoms with Crippen LogP contribution in [0.3, 0.4) is 0 Å². The SMILES string of the molecule is CC[C@H](C(=O)NC(C)(C)C)N(Cc1ccc(F)cc1)C(=O)CN(c1ccccc1)S(=O)(=O)c1ccc(C)cc1. The quantitative estimate of drug-likeness (QED) is 0.381. The Kier molecular flexibility index (Phi) is 9.50. The van der Waals surface area contributed by atoms with Gasteiger partial charge in [-0.25, -0.2) is 12.8 Å². The van der Waals surface area contributed by atoms with Crippen molar-refractivity contribution in [1.29, 1.82) is 0 Å². The van der Waals surface area contributed by atoms with Gasteiger partial charge in [-0.3, -0.25) is 13.9 Å². The van der Waals surface area contributed by atoms with Gasteiger partial charge in [0.15, 0.2) is 0 Å². The van der Waals surface area contributed by atoms with E-state index in [4.69, 9.17) is 0 Å². The first-order valence-corrected chi connectivity index (χ1v) is 14.3. The number of aryl methyl sites for hydroxylation is 1. The van der Waals surface area contributed by atoms with Crippen molar-refractivity contribution in [2.24, 2.45) is 0 Å². The van der Waals surface area contributed by atoms with Gasteiger partial charge in [0.1, 0.15) is 18.4 Å². The van der Waals surface area contributed by atoms with Crippen LogP contribution in [0, 0.1) is 12.7 Å². The number of nitrogens with zero attached hydrogens (tertiary/aromatic N) is 2. The standard InChI is InChI=1S/C30H36FN3O4S/c1-6-27(29(36)32-30(3,4)5)33(20-23-14-16-24(31)17-15-23)28(35)21-34(25-10-8-7-9-11-25)39(37,38)26-18-12-22(2)13-19-26/h7-19,27H,6,20-21H2,1-5H3,(H,32,36)/t27-/m1/s1. The maximum atomic E-state index is 14.0. The summed E-state index contributed by atoms with van der Waals surface area (Å²) in [5.41, 5.74) is 1.29. The number of hydrogen-bond donors (Lipinski definition) is 1. The lowest BCUT2D eigenvalue weighted by Gasteiger charge is -2.34. The molecular formula is C30H36FN3O4S. The molecule has 0 aliphatic carbocycles. The summed E-state index contributed by atoms with van der Waals surface area (Å²) in [6, 6.07) is 19.6. The minimum atomic E-state index is -4.12. The summed E-state index contributed by atoms with van der Waals surface area (Å²) in [7, 11) is -4.12. The van der Waals surface area contributed by atoms with Gasteiger partial charge in [-0.1, -0.05) is 55.0 Å². The molecule has 0 aliphatic heterocycles. The van der Waals surface area contributed by atoms with Crippen molar-refractivity contribution in [1.82, 2.24) is 10.2 Å². The molecule has 3 aromatic rings. The van der Waals surface area contributed by atoms with Gasteiger partial charge >= 0.3 is 0 Å². The number of anilines is 1. The predicted octanol–water partition coefficient (Wildman–Crippen LogP) is 5.05. The Labute approximate surface area is 230 Å². The molecule has 9 heteroatoms. The van der Waals surface area contributed by atoms with Gasteiger partial charge in [0, 0.05) is 12.1 Å². The topological polar surface area (TPSA) is 86.8 Å². The summed E-state index contributed by atoms with van der Waals surface area (Å²) in [6.45, 7) is 8.65. The summed E-state index contributed by atoms with van der Waals surface area (Å²) in [6.07, 6.45) is 0.297. The minimum absolute atomic E-state index is 0.00237. The van der Waals surface area contributed by atoms with Gasteiger partial charge in [0.2, 0.25) is 11.8 Å². The highest BCUT2D eigenvalue weighted by atomic mass is 32.2. The number of sulfonamides is 1. The molecule has 7 nitrogen and oxygen atoms in total. The molecule has 3 aromatic carbocycles. The van der Waals surface area contributed by atoms with E-state index in [0.29, 0.717) is 17.7 Å². The molecule has 3 rings (SSSR count). The molecular weight excluding hydrogens is 517 g/mol. The van der Waals surface area contributed by atoms with Crippen molar-refractivity contribution in [3.05, 3.63) is 95.8 Å². The largest absolute Gasteiger partial charge is 0.350 e. The van der Waals surface area contributed by atoms with Crippen molar-refractivity contribution in [2.75, 3.05) is 10.8 Å². The molecule has 0 radical (unpaired) electrons. The molecule has 0 spiro atoms. The first-order chi connectivity index (χ1) is 18.3. The predicted molar refractivity (Wildman–Crippen MR) is 151 cm³/mol. The summed E-state index contributed by atoms with van der Waals surface area (Å²) < 4.78 is 42.2. The molecule has 0 heterocycles. The molecule has 0 saturated carbocycles. The van der Waals surface area contributed by atoms with Crippen LogP contribution >= 0.6 is 0 Å². The maximum absolute atomic E-state index is 14.0. The van der Waals surface area contributed by atoms with Crippen molar-refractivity contribution < 1.29 is 22.4 Å². The average molecular weight is 554 g/mol. The second-order valence-electron chi connectivity index (χ2n) is 10.5. The zero-order valence-corrected chi connectivity index (χ0v) is 23.8. The van der Waals surface area contributed by atoms with Crippen molar-refractivity contribution in [3.8, 4) is 0 Å². The summed E-state index contributed by atoms with van der Waals surface area (Å²) in [5.74, 6) is -1.34. The molecule has 0 unspecified atom stereocenters. The first kappa shape index (κ1) is 29.8. The smallest absolute Gasteiger partial charge is 0.264 e. The Bertz CT molecular complexity index is 1370. The zero-order chi connectivity index (χ0) is 28.8. The lowest BCUT2D eigenvalue weighted by molar-refractivity contribution is -0.141. The third kappa shape index (κ3) is 7.89. The lowest BCUT2D eigenvalue weighted by Crippen LogP contribution is -2.55. The Morgan fingerprint density at radius 1 is 0.923 bits per heavy atom. The van der Waals surface area contributed by atoms with Crippen LogP contribution in [0.4, 0.5) is 10.1 Å². The summed E-state index contributed by atoms with van der Waals surface area (Å²) in [4.78, 5) is 28.7. The van der Waals surface area contributed by atoms with Crippen LogP contribution in [0.2, 0.25) is 0 Å². The molecule has 2 amide bonds. The highest BCUT2D eigenvalue weighted by Gasteiger charge is 2.34. The van der Waals surface area contributed by atoms with Gasteiger partial charge < -0.3 is 10.2 Å². The highest BCUT2D eigenvalue weighted by Crippen LogP contribution is 2.25. The van der Waals surface area contributed by atoms with E-state index in [0.717, 1.165) is 9.87 Å². The van der Waals surface area contributed by atoms with E-state index >= 15 is 0 Å². The van der Waals surface area contributed by atoms with E-state index in [1.54, 1.807) is 61.5 Å². The third-order valence-corrected chi connectivity index (χ3v) is 7.87. The second-order valence-corrected chi connectivity index (χ2v) is 12.3. The number of amides is 2. The zero-order valence-electron chi connectivity index (χ0n) is 23.0. The molecule has 39 heavy (non-hydrogen) atoms. The fourth-order valence-electron chi connectivity index (χ4n) is 4.12. The molecule has 1 atom stereocenters. The van der Waals surface area contributed by atoms with E-state index < -0.39 is 39.9 Å². The highest BCUT2D eigenvalue weighted by molar-refractivity contribution is 7.92. The van der Waals surface area contributed by atoms with Crippen molar-refractivity contribution >= 4 is 27.5 Å². The van der Waals surface area contributed by atoms with E-state index in [2.05, 4.69) is 5.32 Å². The van der Waals surface area contributed by atoms with Crippen LogP contribution in [0.1, 0.15) is 45.2 Å². The molecule has 0 bridgehead atoms. The van der Waals surface area contributed by atoms with E-state index in [9.17, 15) is 22.4 Å². The minimum Gasteiger partial charge on any atom is -0.350 e. The molecule has 208 valence electrons. The van der Waals surface area contributed by atoms with Crippen LogP contribution in [0.5, 0.6) is 0 Å². The van der Waals surface area contributed by atoms with E-state index in [-0.39, 0.29) is 17.3 Å². The normalized spacial score (nSPS) is 12.5. The Morgan fingerprint density at radius 2 is 1.51 bits per heavy atom. The number of hydrogen-bond acceptors (Lipinski definition) is 4. The fourth-order valence-corrected chi connectivity index (χ4v) is 5.53. The third-order valence-electron chi connectivity index (χ3n) is 6.08. The van der Waals surface area contributed by atoms with Gasteiger partial charge in [-0.15, -0.1) is 0 Å². The molecule has 0 aromatic heterocycles. The van der Waals surface area contributed by atoms with Crippen LogP contribution in [-0.2, 0) is 26.2 Å². The van der Waals surface area contributed by atoms with Gasteiger partial charge in [0.05, 0.1) is 10.6 Å². The number of nitrogens with one attached hydrogen (secondary N) is 1. The molecule has 1 N–H and O–H groups in total.